The monoisotopic (exact) mass is 327 g/mol. The van der Waals surface area contributed by atoms with E-state index in [4.69, 9.17) is 4.74 Å². The molecule has 0 aliphatic heterocycles. The minimum absolute atomic E-state index is 0.0730. The van der Waals surface area contributed by atoms with Crippen LogP contribution in [0, 0.1) is 0 Å². The molecule has 0 saturated carbocycles. The molecule has 0 aromatic heterocycles. The number of ether oxygens (including phenoxy) is 1. The van der Waals surface area contributed by atoms with Gasteiger partial charge in [-0.2, -0.15) is 0 Å². The standard InChI is InChI=1S/C19H21NO2S/c1-22-18-12-14(23-2)10-11-16(18)19(21)20-17-9-5-7-13-6-3-4-8-15(13)17/h3-4,6,8,10-12,17H,5,7,9H2,1-2H3,(H,20,21)/t17-/m0/s1. The Labute approximate surface area is 141 Å². The number of hydrogen-bond donors (Lipinski definition) is 1. The van der Waals surface area contributed by atoms with Gasteiger partial charge in [0.15, 0.2) is 0 Å². The molecule has 4 heteroatoms. The second kappa shape index (κ2) is 7.09. The summed E-state index contributed by atoms with van der Waals surface area (Å²) in [6, 6.07) is 14.2. The van der Waals surface area contributed by atoms with Crippen LogP contribution in [0.3, 0.4) is 0 Å². The van der Waals surface area contributed by atoms with Gasteiger partial charge in [-0.1, -0.05) is 24.3 Å². The van der Waals surface area contributed by atoms with Crippen molar-refractivity contribution >= 4 is 17.7 Å². The van der Waals surface area contributed by atoms with Crippen LogP contribution in [0.1, 0.15) is 40.4 Å². The number of amides is 1. The summed E-state index contributed by atoms with van der Waals surface area (Å²) >= 11 is 1.63. The number of aryl methyl sites for hydroxylation is 1. The Morgan fingerprint density at radius 1 is 1.26 bits per heavy atom. The van der Waals surface area contributed by atoms with Crippen molar-refractivity contribution < 1.29 is 9.53 Å². The Bertz CT molecular complexity index is 714. The fraction of sp³-hybridized carbons (Fsp3) is 0.316. The lowest BCUT2D eigenvalue weighted by Crippen LogP contribution is -2.31. The van der Waals surface area contributed by atoms with E-state index in [0.717, 1.165) is 24.2 Å². The molecule has 1 aliphatic rings. The van der Waals surface area contributed by atoms with Gasteiger partial charge in [0.1, 0.15) is 5.75 Å². The molecule has 0 bridgehead atoms. The number of carbonyl (C=O) groups is 1. The SMILES string of the molecule is COc1cc(SC)ccc1C(=O)N[C@H]1CCCc2ccccc21. The first-order chi connectivity index (χ1) is 11.2. The number of thioether (sulfide) groups is 1. The molecule has 2 aromatic carbocycles. The van der Waals surface area contributed by atoms with E-state index in [1.165, 1.54) is 11.1 Å². The molecule has 1 aliphatic carbocycles. The lowest BCUT2D eigenvalue weighted by Gasteiger charge is -2.26. The molecule has 0 radical (unpaired) electrons. The summed E-state index contributed by atoms with van der Waals surface area (Å²) in [5.74, 6) is 0.551. The lowest BCUT2D eigenvalue weighted by atomic mass is 9.87. The summed E-state index contributed by atoms with van der Waals surface area (Å²) in [5.41, 5.74) is 3.17. The van der Waals surface area contributed by atoms with Gasteiger partial charge < -0.3 is 10.1 Å². The van der Waals surface area contributed by atoms with Crippen molar-refractivity contribution in [1.82, 2.24) is 5.32 Å². The zero-order chi connectivity index (χ0) is 16.2. The maximum Gasteiger partial charge on any atom is 0.255 e. The first-order valence-electron chi connectivity index (χ1n) is 7.83. The van der Waals surface area contributed by atoms with Gasteiger partial charge >= 0.3 is 0 Å². The summed E-state index contributed by atoms with van der Waals surface area (Å²) in [4.78, 5) is 13.8. The highest BCUT2D eigenvalue weighted by Gasteiger charge is 2.23. The molecule has 3 nitrogen and oxygen atoms in total. The Kier molecular flexibility index (Phi) is 4.91. The minimum atomic E-state index is -0.0730. The average Bonchev–Trinajstić information content (AvgIpc) is 2.61. The lowest BCUT2D eigenvalue weighted by molar-refractivity contribution is 0.0929. The molecule has 0 heterocycles. The van der Waals surface area contributed by atoms with Gasteiger partial charge in [-0.3, -0.25) is 4.79 Å². The third-order valence-electron chi connectivity index (χ3n) is 4.33. The third kappa shape index (κ3) is 3.37. The fourth-order valence-electron chi connectivity index (χ4n) is 3.13. The summed E-state index contributed by atoms with van der Waals surface area (Å²) in [6.45, 7) is 0. The molecule has 0 unspecified atom stereocenters. The molecule has 0 fully saturated rings. The second-order valence-electron chi connectivity index (χ2n) is 5.68. The molecule has 1 atom stereocenters. The zero-order valence-electron chi connectivity index (χ0n) is 13.5. The topological polar surface area (TPSA) is 38.3 Å². The number of methoxy groups -OCH3 is 1. The van der Waals surface area contributed by atoms with Gasteiger partial charge in [-0.05, 0) is 54.8 Å². The van der Waals surface area contributed by atoms with E-state index in [2.05, 4.69) is 23.5 Å². The highest BCUT2D eigenvalue weighted by atomic mass is 32.2. The maximum absolute atomic E-state index is 12.7. The van der Waals surface area contributed by atoms with Gasteiger partial charge in [0.25, 0.3) is 5.91 Å². The molecule has 120 valence electrons. The van der Waals surface area contributed by atoms with Crippen molar-refractivity contribution in [3.8, 4) is 5.75 Å². The van der Waals surface area contributed by atoms with Crippen molar-refractivity contribution in [3.05, 3.63) is 59.2 Å². The number of carbonyl (C=O) groups excluding carboxylic acids is 1. The Morgan fingerprint density at radius 3 is 2.87 bits per heavy atom. The van der Waals surface area contributed by atoms with Gasteiger partial charge in [-0.15, -0.1) is 11.8 Å². The fourth-order valence-corrected chi connectivity index (χ4v) is 3.55. The largest absolute Gasteiger partial charge is 0.496 e. The first-order valence-corrected chi connectivity index (χ1v) is 9.06. The van der Waals surface area contributed by atoms with Crippen molar-refractivity contribution in [2.75, 3.05) is 13.4 Å². The molecule has 3 rings (SSSR count). The van der Waals surface area contributed by atoms with Gasteiger partial charge in [-0.25, -0.2) is 0 Å². The first kappa shape index (κ1) is 15.9. The van der Waals surface area contributed by atoms with Gasteiger partial charge in [0, 0.05) is 4.90 Å². The highest BCUT2D eigenvalue weighted by Crippen LogP contribution is 2.31. The number of benzene rings is 2. The molecule has 0 spiro atoms. The molecule has 2 aromatic rings. The summed E-state index contributed by atoms with van der Waals surface area (Å²) in [6.07, 6.45) is 5.18. The van der Waals surface area contributed by atoms with Crippen molar-refractivity contribution in [1.29, 1.82) is 0 Å². The Morgan fingerprint density at radius 2 is 2.09 bits per heavy atom. The Balaban J connectivity index is 1.83. The second-order valence-corrected chi connectivity index (χ2v) is 6.56. The van der Waals surface area contributed by atoms with Crippen LogP contribution in [0.4, 0.5) is 0 Å². The van der Waals surface area contributed by atoms with E-state index >= 15 is 0 Å². The number of fused-ring (bicyclic) bond motifs is 1. The Hall–Kier alpha value is -1.94. The van der Waals surface area contributed by atoms with E-state index < -0.39 is 0 Å². The van der Waals surface area contributed by atoms with Crippen LogP contribution >= 0.6 is 11.8 Å². The van der Waals surface area contributed by atoms with Gasteiger partial charge in [0.2, 0.25) is 0 Å². The molecule has 1 N–H and O–H groups in total. The quantitative estimate of drug-likeness (QED) is 0.854. The van der Waals surface area contributed by atoms with Crippen LogP contribution in [0.2, 0.25) is 0 Å². The highest BCUT2D eigenvalue weighted by molar-refractivity contribution is 7.98. The van der Waals surface area contributed by atoms with Crippen LogP contribution in [0.5, 0.6) is 5.75 Å². The molecule has 1 amide bonds. The number of hydrogen-bond acceptors (Lipinski definition) is 3. The summed E-state index contributed by atoms with van der Waals surface area (Å²) in [5, 5.41) is 3.18. The van der Waals surface area contributed by atoms with Gasteiger partial charge in [0.05, 0.1) is 18.7 Å². The molecular weight excluding hydrogens is 306 g/mol. The van der Waals surface area contributed by atoms with E-state index in [-0.39, 0.29) is 11.9 Å². The zero-order valence-corrected chi connectivity index (χ0v) is 14.3. The minimum Gasteiger partial charge on any atom is -0.496 e. The predicted molar refractivity (Wildman–Crippen MR) is 94.4 cm³/mol. The third-order valence-corrected chi connectivity index (χ3v) is 5.05. The number of rotatable bonds is 4. The van der Waals surface area contributed by atoms with Crippen molar-refractivity contribution in [3.63, 3.8) is 0 Å². The normalized spacial score (nSPS) is 16.5. The van der Waals surface area contributed by atoms with E-state index in [1.54, 1.807) is 18.9 Å². The van der Waals surface area contributed by atoms with E-state index in [1.807, 2.05) is 30.5 Å². The summed E-state index contributed by atoms with van der Waals surface area (Å²) < 4.78 is 5.39. The number of nitrogens with one attached hydrogen (secondary N) is 1. The van der Waals surface area contributed by atoms with Crippen LogP contribution in [-0.2, 0) is 6.42 Å². The molecule has 0 saturated heterocycles. The summed E-state index contributed by atoms with van der Waals surface area (Å²) in [7, 11) is 1.60. The molecule has 23 heavy (non-hydrogen) atoms. The van der Waals surface area contributed by atoms with E-state index in [0.29, 0.717) is 11.3 Å². The smallest absolute Gasteiger partial charge is 0.255 e. The van der Waals surface area contributed by atoms with Crippen molar-refractivity contribution in [2.45, 2.75) is 30.2 Å². The maximum atomic E-state index is 12.7. The average molecular weight is 327 g/mol. The van der Waals surface area contributed by atoms with Crippen LogP contribution in [0.15, 0.2) is 47.4 Å². The predicted octanol–water partition coefficient (Wildman–Crippen LogP) is 4.22. The van der Waals surface area contributed by atoms with Crippen LogP contribution in [-0.4, -0.2) is 19.3 Å². The van der Waals surface area contributed by atoms with Crippen molar-refractivity contribution in [2.24, 2.45) is 0 Å². The van der Waals surface area contributed by atoms with Crippen LogP contribution < -0.4 is 10.1 Å². The molecular formula is C19H21NO2S. The van der Waals surface area contributed by atoms with E-state index in [9.17, 15) is 4.79 Å². The van der Waals surface area contributed by atoms with Crippen LogP contribution in [0.25, 0.3) is 0 Å².